The van der Waals surface area contributed by atoms with Crippen LogP contribution in [0.3, 0.4) is 0 Å². The number of nitrogens with zero attached hydrogens (tertiary/aromatic N) is 3. The van der Waals surface area contributed by atoms with E-state index in [1.54, 1.807) is 11.6 Å². The quantitative estimate of drug-likeness (QED) is 0.525. The fourth-order valence-corrected chi connectivity index (χ4v) is 2.88. The Hall–Kier alpha value is -1.84. The van der Waals surface area contributed by atoms with E-state index in [0.717, 1.165) is 5.69 Å². The summed E-state index contributed by atoms with van der Waals surface area (Å²) in [6, 6.07) is 11.7. The Bertz CT molecular complexity index is 766. The van der Waals surface area contributed by atoms with Gasteiger partial charge >= 0.3 is 0 Å². The Morgan fingerprint density at radius 1 is 1.32 bits per heavy atom. The zero-order valence-corrected chi connectivity index (χ0v) is 12.2. The molecule has 19 heavy (non-hydrogen) atoms. The SMILES string of the molecule is CSc1c(C#N)c(=N)n(C)c(=S)n1-c1ccccc1. The van der Waals surface area contributed by atoms with Crippen molar-refractivity contribution in [2.75, 3.05) is 6.26 Å². The lowest BCUT2D eigenvalue weighted by Crippen LogP contribution is -2.26. The van der Waals surface area contributed by atoms with Crippen LogP contribution < -0.4 is 5.49 Å². The lowest BCUT2D eigenvalue weighted by Gasteiger charge is -2.16. The Morgan fingerprint density at radius 3 is 2.47 bits per heavy atom. The molecule has 0 saturated carbocycles. The zero-order chi connectivity index (χ0) is 14.0. The molecule has 0 saturated heterocycles. The van der Waals surface area contributed by atoms with Gasteiger partial charge in [0.15, 0.2) is 4.77 Å². The summed E-state index contributed by atoms with van der Waals surface area (Å²) in [5.74, 6) is 0. The third-order valence-electron chi connectivity index (χ3n) is 2.79. The molecule has 1 aromatic heterocycles. The Labute approximate surface area is 120 Å². The lowest BCUT2D eigenvalue weighted by molar-refractivity contribution is 0.689. The number of hydrogen-bond acceptors (Lipinski definition) is 4. The Balaban J connectivity index is 2.97. The van der Waals surface area contributed by atoms with Crippen LogP contribution in [0.2, 0.25) is 0 Å². The van der Waals surface area contributed by atoms with E-state index in [2.05, 4.69) is 6.07 Å². The molecule has 0 aliphatic heterocycles. The number of para-hydroxylation sites is 1. The molecule has 1 aromatic carbocycles. The summed E-state index contributed by atoms with van der Waals surface area (Å²) in [7, 11) is 1.70. The van der Waals surface area contributed by atoms with Gasteiger partial charge in [0.1, 0.15) is 22.1 Å². The van der Waals surface area contributed by atoms with Gasteiger partial charge in [0.25, 0.3) is 0 Å². The third-order valence-corrected chi connectivity index (χ3v) is 4.02. The number of nitrogens with one attached hydrogen (secondary N) is 1. The van der Waals surface area contributed by atoms with Crippen LogP contribution in [0, 0.1) is 21.5 Å². The Kier molecular flexibility index (Phi) is 3.88. The van der Waals surface area contributed by atoms with Gasteiger partial charge in [-0.15, -0.1) is 11.8 Å². The fraction of sp³-hybridized carbons (Fsp3) is 0.154. The molecule has 0 amide bonds. The maximum atomic E-state index is 9.27. The highest BCUT2D eigenvalue weighted by Gasteiger charge is 2.13. The highest BCUT2D eigenvalue weighted by atomic mass is 32.2. The molecule has 6 heteroatoms. The second kappa shape index (κ2) is 5.43. The van der Waals surface area contributed by atoms with Gasteiger partial charge in [0.2, 0.25) is 0 Å². The highest BCUT2D eigenvalue weighted by molar-refractivity contribution is 7.98. The van der Waals surface area contributed by atoms with Crippen LogP contribution in [0.4, 0.5) is 0 Å². The summed E-state index contributed by atoms with van der Waals surface area (Å²) < 4.78 is 3.87. The lowest BCUT2D eigenvalue weighted by atomic mass is 10.3. The van der Waals surface area contributed by atoms with Crippen molar-refractivity contribution in [3.05, 3.63) is 46.2 Å². The maximum absolute atomic E-state index is 9.27. The molecule has 0 radical (unpaired) electrons. The van der Waals surface area contributed by atoms with Crippen molar-refractivity contribution >= 4 is 24.0 Å². The molecular weight excluding hydrogens is 276 g/mol. The summed E-state index contributed by atoms with van der Waals surface area (Å²) in [6.07, 6.45) is 1.88. The van der Waals surface area contributed by atoms with Gasteiger partial charge in [-0.2, -0.15) is 5.26 Å². The van der Waals surface area contributed by atoms with Crippen LogP contribution in [0.25, 0.3) is 5.69 Å². The maximum Gasteiger partial charge on any atom is 0.186 e. The van der Waals surface area contributed by atoms with Crippen molar-refractivity contribution in [1.29, 1.82) is 10.7 Å². The van der Waals surface area contributed by atoms with Crippen LogP contribution >= 0.6 is 24.0 Å². The second-order valence-corrected chi connectivity index (χ2v) is 5.02. The van der Waals surface area contributed by atoms with Gasteiger partial charge in [-0.25, -0.2) is 0 Å². The van der Waals surface area contributed by atoms with E-state index in [1.807, 2.05) is 41.2 Å². The molecule has 0 aliphatic carbocycles. The number of hydrogen-bond donors (Lipinski definition) is 1. The first-order valence-corrected chi connectivity index (χ1v) is 7.15. The van der Waals surface area contributed by atoms with Crippen molar-refractivity contribution < 1.29 is 0 Å². The van der Waals surface area contributed by atoms with Gasteiger partial charge in [-0.05, 0) is 30.6 Å². The fourth-order valence-electron chi connectivity index (χ4n) is 1.81. The average Bonchev–Trinajstić information content (AvgIpc) is 2.45. The number of thioether (sulfide) groups is 1. The first kappa shape index (κ1) is 13.6. The molecule has 0 aliphatic rings. The minimum atomic E-state index is 0.143. The predicted molar refractivity (Wildman–Crippen MR) is 77.9 cm³/mol. The van der Waals surface area contributed by atoms with Crippen LogP contribution in [0.15, 0.2) is 35.4 Å². The van der Waals surface area contributed by atoms with E-state index in [-0.39, 0.29) is 5.49 Å². The Morgan fingerprint density at radius 2 is 1.95 bits per heavy atom. The number of nitriles is 1. The summed E-state index contributed by atoms with van der Waals surface area (Å²) >= 11 is 6.83. The van der Waals surface area contributed by atoms with E-state index < -0.39 is 0 Å². The average molecular weight is 288 g/mol. The molecule has 0 atom stereocenters. The summed E-state index contributed by atoms with van der Waals surface area (Å²) in [4.78, 5) is 0. The molecule has 0 spiro atoms. The van der Waals surface area contributed by atoms with E-state index >= 15 is 0 Å². The standard InChI is InChI=1S/C13H12N4S2/c1-16-11(15)10(8-14)12(19-2)17(13(16)18)9-6-4-3-5-7-9/h3-7,15H,1-2H3. The van der Waals surface area contributed by atoms with Crippen molar-refractivity contribution in [2.24, 2.45) is 7.05 Å². The molecule has 0 unspecified atom stereocenters. The van der Waals surface area contributed by atoms with Crippen LogP contribution in [0.5, 0.6) is 0 Å². The molecule has 4 nitrogen and oxygen atoms in total. The van der Waals surface area contributed by atoms with Crippen LogP contribution in [-0.2, 0) is 7.05 Å². The van der Waals surface area contributed by atoms with Crippen molar-refractivity contribution in [3.8, 4) is 11.8 Å². The zero-order valence-electron chi connectivity index (χ0n) is 10.5. The highest BCUT2D eigenvalue weighted by Crippen LogP contribution is 2.22. The number of rotatable bonds is 2. The summed E-state index contributed by atoms with van der Waals surface area (Å²) in [5.41, 5.74) is 1.38. The van der Waals surface area contributed by atoms with Gasteiger partial charge in [-0.1, -0.05) is 18.2 Å². The third kappa shape index (κ3) is 2.23. The van der Waals surface area contributed by atoms with Crippen molar-refractivity contribution in [3.63, 3.8) is 0 Å². The number of aromatic nitrogens is 2. The summed E-state index contributed by atoms with van der Waals surface area (Å²) in [5, 5.41) is 18.0. The largest absolute Gasteiger partial charge is 0.305 e. The van der Waals surface area contributed by atoms with E-state index in [4.69, 9.17) is 17.6 Å². The predicted octanol–water partition coefficient (Wildman–Crippen LogP) is 2.62. The molecule has 2 aromatic rings. The van der Waals surface area contributed by atoms with E-state index in [1.165, 1.54) is 11.8 Å². The van der Waals surface area contributed by atoms with Gasteiger partial charge in [0.05, 0.1) is 0 Å². The van der Waals surface area contributed by atoms with Gasteiger partial charge in [-0.3, -0.25) is 9.98 Å². The van der Waals surface area contributed by atoms with Gasteiger partial charge < -0.3 is 4.57 Å². The number of benzene rings is 1. The molecule has 1 heterocycles. The molecule has 1 N–H and O–H groups in total. The minimum Gasteiger partial charge on any atom is -0.305 e. The second-order valence-electron chi connectivity index (χ2n) is 3.86. The molecule has 0 fully saturated rings. The van der Waals surface area contributed by atoms with Gasteiger partial charge in [0, 0.05) is 12.7 Å². The van der Waals surface area contributed by atoms with E-state index in [0.29, 0.717) is 15.4 Å². The topological polar surface area (TPSA) is 57.5 Å². The monoisotopic (exact) mass is 288 g/mol. The molecule has 2 rings (SSSR count). The normalized spacial score (nSPS) is 10.2. The summed E-state index contributed by atoms with van der Waals surface area (Å²) in [6.45, 7) is 0. The molecular formula is C13H12N4S2. The molecule has 0 bridgehead atoms. The van der Waals surface area contributed by atoms with E-state index in [9.17, 15) is 5.26 Å². The first-order valence-electron chi connectivity index (χ1n) is 5.52. The van der Waals surface area contributed by atoms with Crippen LogP contribution in [0.1, 0.15) is 5.56 Å². The van der Waals surface area contributed by atoms with Crippen molar-refractivity contribution in [2.45, 2.75) is 5.03 Å². The molecule has 96 valence electrons. The first-order chi connectivity index (χ1) is 9.11. The van der Waals surface area contributed by atoms with Crippen molar-refractivity contribution in [1.82, 2.24) is 9.13 Å². The smallest absolute Gasteiger partial charge is 0.186 e. The van der Waals surface area contributed by atoms with Crippen LogP contribution in [-0.4, -0.2) is 15.4 Å². The minimum absolute atomic E-state index is 0.143.